The van der Waals surface area contributed by atoms with Gasteiger partial charge in [-0.05, 0) is 37.6 Å². The van der Waals surface area contributed by atoms with E-state index in [0.717, 1.165) is 31.0 Å². The summed E-state index contributed by atoms with van der Waals surface area (Å²) >= 11 is 0. The minimum absolute atomic E-state index is 0.841. The molecule has 76 valence electrons. The molecule has 2 rings (SSSR count). The predicted octanol–water partition coefficient (Wildman–Crippen LogP) is 1.61. The molecule has 0 aromatic heterocycles. The van der Waals surface area contributed by atoms with Crippen molar-refractivity contribution in [3.63, 3.8) is 0 Å². The van der Waals surface area contributed by atoms with Crippen LogP contribution >= 0.6 is 0 Å². The summed E-state index contributed by atoms with van der Waals surface area (Å²) in [5, 5.41) is 0. The summed E-state index contributed by atoms with van der Waals surface area (Å²) < 4.78 is 5.56. The minimum Gasteiger partial charge on any atom is -0.381 e. The van der Waals surface area contributed by atoms with Crippen LogP contribution in [0.25, 0.3) is 0 Å². The molecule has 2 aliphatic heterocycles. The lowest BCUT2D eigenvalue weighted by atomic mass is 9.82. The van der Waals surface area contributed by atoms with Crippen LogP contribution in [0, 0.1) is 17.8 Å². The van der Waals surface area contributed by atoms with Crippen molar-refractivity contribution in [3.8, 4) is 0 Å². The zero-order valence-electron chi connectivity index (χ0n) is 8.83. The molecule has 2 fully saturated rings. The molecule has 2 saturated heterocycles. The summed E-state index contributed by atoms with van der Waals surface area (Å²) in [5.74, 6) is 2.61. The van der Waals surface area contributed by atoms with Crippen molar-refractivity contribution >= 4 is 0 Å². The smallest absolute Gasteiger partial charge is 0.0497 e. The van der Waals surface area contributed by atoms with E-state index in [1.165, 1.54) is 25.9 Å². The molecular weight excluding hydrogens is 162 g/mol. The molecule has 0 aromatic rings. The van der Waals surface area contributed by atoms with Gasteiger partial charge in [0.05, 0.1) is 0 Å². The van der Waals surface area contributed by atoms with E-state index < -0.39 is 0 Å². The normalized spacial score (nSPS) is 42.5. The lowest BCUT2D eigenvalue weighted by molar-refractivity contribution is 0.0260. The molecule has 0 aliphatic carbocycles. The maximum Gasteiger partial charge on any atom is 0.0497 e. The summed E-state index contributed by atoms with van der Waals surface area (Å²) in [7, 11) is 2.24. The Morgan fingerprint density at radius 2 is 2.15 bits per heavy atom. The zero-order valence-corrected chi connectivity index (χ0v) is 8.83. The third-order valence-electron chi connectivity index (χ3n) is 3.65. The van der Waals surface area contributed by atoms with Crippen LogP contribution in [-0.2, 0) is 4.74 Å². The highest BCUT2D eigenvalue weighted by atomic mass is 16.5. The van der Waals surface area contributed by atoms with E-state index in [2.05, 4.69) is 18.9 Å². The molecule has 3 unspecified atom stereocenters. The van der Waals surface area contributed by atoms with Gasteiger partial charge in [0.25, 0.3) is 0 Å². The fraction of sp³-hybridized carbons (Fsp3) is 1.00. The molecule has 0 N–H and O–H groups in total. The molecule has 2 aliphatic rings. The predicted molar refractivity (Wildman–Crippen MR) is 53.7 cm³/mol. The third kappa shape index (κ3) is 2.05. The Bertz CT molecular complexity index is 165. The summed E-state index contributed by atoms with van der Waals surface area (Å²) in [5.41, 5.74) is 0. The van der Waals surface area contributed by atoms with E-state index in [0.29, 0.717) is 0 Å². The van der Waals surface area contributed by atoms with Crippen molar-refractivity contribution in [3.05, 3.63) is 0 Å². The van der Waals surface area contributed by atoms with Crippen molar-refractivity contribution in [2.24, 2.45) is 17.8 Å². The van der Waals surface area contributed by atoms with Gasteiger partial charge < -0.3 is 9.64 Å². The first-order chi connectivity index (χ1) is 6.27. The lowest BCUT2D eigenvalue weighted by Crippen LogP contribution is -2.29. The molecule has 0 aromatic carbocycles. The van der Waals surface area contributed by atoms with Crippen LogP contribution in [0.2, 0.25) is 0 Å². The first kappa shape index (κ1) is 9.47. The van der Waals surface area contributed by atoms with Gasteiger partial charge in [0.2, 0.25) is 0 Å². The topological polar surface area (TPSA) is 12.5 Å². The molecular formula is C11H21NO. The fourth-order valence-corrected chi connectivity index (χ4v) is 2.96. The maximum absolute atomic E-state index is 5.56. The van der Waals surface area contributed by atoms with Crippen LogP contribution in [0.3, 0.4) is 0 Å². The van der Waals surface area contributed by atoms with E-state index >= 15 is 0 Å². The number of hydrogen-bond acceptors (Lipinski definition) is 2. The van der Waals surface area contributed by atoms with E-state index in [4.69, 9.17) is 4.74 Å². The van der Waals surface area contributed by atoms with E-state index in [9.17, 15) is 0 Å². The summed E-state index contributed by atoms with van der Waals surface area (Å²) in [6.07, 6.45) is 2.67. The van der Waals surface area contributed by atoms with E-state index in [1.807, 2.05) is 0 Å². The number of hydrogen-bond donors (Lipinski definition) is 0. The van der Waals surface area contributed by atoms with E-state index in [1.54, 1.807) is 0 Å². The highest BCUT2D eigenvalue weighted by Gasteiger charge is 2.34. The van der Waals surface area contributed by atoms with Crippen molar-refractivity contribution in [1.29, 1.82) is 0 Å². The molecule has 0 saturated carbocycles. The first-order valence-corrected chi connectivity index (χ1v) is 5.53. The van der Waals surface area contributed by atoms with Crippen molar-refractivity contribution < 1.29 is 4.74 Å². The monoisotopic (exact) mass is 183 g/mol. The molecule has 13 heavy (non-hydrogen) atoms. The highest BCUT2D eigenvalue weighted by Crippen LogP contribution is 2.33. The summed E-state index contributed by atoms with van der Waals surface area (Å²) in [4.78, 5) is 2.46. The zero-order chi connectivity index (χ0) is 9.26. The SMILES string of the molecule is CC1CN(C)CC1C1CCCOC1. The van der Waals surface area contributed by atoms with Gasteiger partial charge >= 0.3 is 0 Å². The number of ether oxygens (including phenoxy) is 1. The van der Waals surface area contributed by atoms with E-state index in [-0.39, 0.29) is 0 Å². The van der Waals surface area contributed by atoms with Gasteiger partial charge in [-0.3, -0.25) is 0 Å². The minimum atomic E-state index is 0.841. The van der Waals surface area contributed by atoms with Crippen LogP contribution < -0.4 is 0 Å². The Morgan fingerprint density at radius 3 is 2.69 bits per heavy atom. The quantitative estimate of drug-likeness (QED) is 0.612. The number of rotatable bonds is 1. The second kappa shape index (κ2) is 3.97. The Balaban J connectivity index is 1.91. The van der Waals surface area contributed by atoms with Gasteiger partial charge in [0.1, 0.15) is 0 Å². The second-order valence-electron chi connectivity index (χ2n) is 4.84. The molecule has 3 atom stereocenters. The van der Waals surface area contributed by atoms with Gasteiger partial charge in [0, 0.05) is 26.3 Å². The molecule has 0 radical (unpaired) electrons. The molecule has 0 spiro atoms. The highest BCUT2D eigenvalue weighted by molar-refractivity contribution is 4.85. The van der Waals surface area contributed by atoms with Crippen molar-refractivity contribution in [2.75, 3.05) is 33.4 Å². The van der Waals surface area contributed by atoms with Crippen LogP contribution in [0.15, 0.2) is 0 Å². The van der Waals surface area contributed by atoms with Crippen LogP contribution in [-0.4, -0.2) is 38.3 Å². The van der Waals surface area contributed by atoms with Crippen molar-refractivity contribution in [1.82, 2.24) is 4.90 Å². The standard InChI is InChI=1S/C11H21NO/c1-9-6-12(2)7-11(9)10-4-3-5-13-8-10/h9-11H,3-8H2,1-2H3. The first-order valence-electron chi connectivity index (χ1n) is 5.53. The number of nitrogens with zero attached hydrogens (tertiary/aromatic N) is 1. The molecule has 0 amide bonds. The van der Waals surface area contributed by atoms with Gasteiger partial charge in [-0.25, -0.2) is 0 Å². The van der Waals surface area contributed by atoms with Gasteiger partial charge in [-0.15, -0.1) is 0 Å². The van der Waals surface area contributed by atoms with Crippen LogP contribution in [0.4, 0.5) is 0 Å². The molecule has 2 nitrogen and oxygen atoms in total. The number of likely N-dealkylation sites (tertiary alicyclic amines) is 1. The van der Waals surface area contributed by atoms with Gasteiger partial charge in [-0.2, -0.15) is 0 Å². The average molecular weight is 183 g/mol. The fourth-order valence-electron chi connectivity index (χ4n) is 2.96. The Morgan fingerprint density at radius 1 is 1.31 bits per heavy atom. The van der Waals surface area contributed by atoms with Crippen LogP contribution in [0.5, 0.6) is 0 Å². The maximum atomic E-state index is 5.56. The second-order valence-corrected chi connectivity index (χ2v) is 4.84. The van der Waals surface area contributed by atoms with Crippen molar-refractivity contribution in [2.45, 2.75) is 19.8 Å². The summed E-state index contributed by atoms with van der Waals surface area (Å²) in [6.45, 7) is 6.97. The average Bonchev–Trinajstić information content (AvgIpc) is 2.47. The van der Waals surface area contributed by atoms with Crippen LogP contribution in [0.1, 0.15) is 19.8 Å². The molecule has 2 heterocycles. The Labute approximate surface area is 81.3 Å². The van der Waals surface area contributed by atoms with Gasteiger partial charge in [0.15, 0.2) is 0 Å². The summed E-state index contributed by atoms with van der Waals surface area (Å²) in [6, 6.07) is 0. The van der Waals surface area contributed by atoms with Gasteiger partial charge in [-0.1, -0.05) is 6.92 Å². The molecule has 0 bridgehead atoms. The molecule has 2 heteroatoms. The Kier molecular flexibility index (Phi) is 2.89. The lowest BCUT2D eigenvalue weighted by Gasteiger charge is -2.29. The third-order valence-corrected chi connectivity index (χ3v) is 3.65. The Hall–Kier alpha value is -0.0800. The largest absolute Gasteiger partial charge is 0.381 e.